The molecular weight excluding hydrogens is 340 g/mol. The van der Waals surface area contributed by atoms with E-state index in [2.05, 4.69) is 21.3 Å². The van der Waals surface area contributed by atoms with Crippen LogP contribution < -0.4 is 5.32 Å². The summed E-state index contributed by atoms with van der Waals surface area (Å²) in [6.45, 7) is 0.671. The van der Waals surface area contributed by atoms with Gasteiger partial charge in [0.2, 0.25) is 0 Å². The van der Waals surface area contributed by atoms with Crippen LogP contribution in [-0.2, 0) is 6.54 Å². The number of nitrogens with one attached hydrogen (secondary N) is 1. The zero-order valence-electron chi connectivity index (χ0n) is 13.3. The number of halogens is 1. The molecule has 1 aromatic carbocycles. The Bertz CT molecular complexity index is 859. The second-order valence-corrected chi connectivity index (χ2v) is 7.75. The maximum atomic E-state index is 12.8. The average molecular weight is 359 g/mol. The van der Waals surface area contributed by atoms with Crippen molar-refractivity contribution in [3.63, 3.8) is 0 Å². The monoisotopic (exact) mass is 358 g/mol. The molecular formula is C19H19ClN2OS. The lowest BCUT2D eigenvalue weighted by Crippen LogP contribution is -2.34. The van der Waals surface area contributed by atoms with Gasteiger partial charge < -0.3 is 9.88 Å². The molecule has 1 amide bonds. The molecule has 0 spiro atoms. The Kier molecular flexibility index (Phi) is 4.33. The van der Waals surface area contributed by atoms with Gasteiger partial charge in [-0.15, -0.1) is 11.3 Å². The number of thiophene rings is 1. The molecule has 0 radical (unpaired) electrons. The SMILES string of the molecule is O=C(NC1CCCC1)c1cc2sccc2n1Cc1ccc(Cl)cc1. The van der Waals surface area contributed by atoms with Gasteiger partial charge in [0.15, 0.2) is 0 Å². The number of carbonyl (C=O) groups is 1. The Balaban J connectivity index is 1.65. The summed E-state index contributed by atoms with van der Waals surface area (Å²) in [4.78, 5) is 12.8. The van der Waals surface area contributed by atoms with E-state index in [-0.39, 0.29) is 5.91 Å². The molecule has 1 aliphatic rings. The van der Waals surface area contributed by atoms with Crippen molar-refractivity contribution in [2.24, 2.45) is 0 Å². The van der Waals surface area contributed by atoms with E-state index in [1.807, 2.05) is 30.3 Å². The van der Waals surface area contributed by atoms with Gasteiger partial charge in [-0.2, -0.15) is 0 Å². The van der Waals surface area contributed by atoms with Gasteiger partial charge in [0.05, 0.1) is 10.2 Å². The number of rotatable bonds is 4. The molecule has 3 nitrogen and oxygen atoms in total. The summed E-state index contributed by atoms with van der Waals surface area (Å²) in [5.74, 6) is 0.0410. The molecule has 0 atom stereocenters. The van der Waals surface area contributed by atoms with E-state index in [1.165, 1.54) is 12.8 Å². The van der Waals surface area contributed by atoms with Gasteiger partial charge in [-0.3, -0.25) is 4.79 Å². The van der Waals surface area contributed by atoms with Crippen LogP contribution in [0.25, 0.3) is 10.2 Å². The third-order valence-corrected chi connectivity index (χ3v) is 5.80. The maximum absolute atomic E-state index is 12.8. The number of nitrogens with zero attached hydrogens (tertiary/aromatic N) is 1. The van der Waals surface area contributed by atoms with Gasteiger partial charge in [0, 0.05) is 17.6 Å². The third kappa shape index (κ3) is 3.08. The molecule has 2 aromatic heterocycles. The predicted molar refractivity (Wildman–Crippen MR) is 100 cm³/mol. The number of carbonyl (C=O) groups excluding carboxylic acids is 1. The first-order valence-electron chi connectivity index (χ1n) is 8.33. The van der Waals surface area contributed by atoms with Crippen LogP contribution in [0.1, 0.15) is 41.7 Å². The van der Waals surface area contributed by atoms with E-state index in [0.717, 1.165) is 39.3 Å². The number of hydrogen-bond donors (Lipinski definition) is 1. The van der Waals surface area contributed by atoms with Crippen molar-refractivity contribution in [2.75, 3.05) is 0 Å². The second kappa shape index (κ2) is 6.61. The average Bonchev–Trinajstić information content (AvgIpc) is 3.28. The molecule has 1 N–H and O–H groups in total. The van der Waals surface area contributed by atoms with Crippen molar-refractivity contribution in [1.82, 2.24) is 9.88 Å². The summed E-state index contributed by atoms with van der Waals surface area (Å²) in [7, 11) is 0. The van der Waals surface area contributed by atoms with Crippen LogP contribution in [0, 0.1) is 0 Å². The van der Waals surface area contributed by atoms with Crippen LogP contribution in [-0.4, -0.2) is 16.5 Å². The highest BCUT2D eigenvalue weighted by Gasteiger charge is 2.21. The Morgan fingerprint density at radius 3 is 2.71 bits per heavy atom. The second-order valence-electron chi connectivity index (χ2n) is 6.37. The quantitative estimate of drug-likeness (QED) is 0.693. The van der Waals surface area contributed by atoms with Crippen LogP contribution >= 0.6 is 22.9 Å². The van der Waals surface area contributed by atoms with E-state index >= 15 is 0 Å². The standard InChI is InChI=1S/C19H19ClN2OS/c20-14-7-5-13(6-8-14)12-22-16-9-10-24-18(16)11-17(22)19(23)21-15-3-1-2-4-15/h5-11,15H,1-4,12H2,(H,21,23). The van der Waals surface area contributed by atoms with E-state index in [4.69, 9.17) is 11.6 Å². The van der Waals surface area contributed by atoms with Crippen molar-refractivity contribution in [1.29, 1.82) is 0 Å². The number of hydrogen-bond acceptors (Lipinski definition) is 2. The fraction of sp³-hybridized carbons (Fsp3) is 0.316. The molecule has 124 valence electrons. The highest BCUT2D eigenvalue weighted by atomic mass is 35.5. The van der Waals surface area contributed by atoms with Gasteiger partial charge in [-0.25, -0.2) is 0 Å². The Morgan fingerprint density at radius 1 is 1.21 bits per heavy atom. The summed E-state index contributed by atoms with van der Waals surface area (Å²) in [5.41, 5.74) is 3.00. The third-order valence-electron chi connectivity index (χ3n) is 4.70. The zero-order chi connectivity index (χ0) is 16.5. The van der Waals surface area contributed by atoms with Gasteiger partial charge >= 0.3 is 0 Å². The van der Waals surface area contributed by atoms with Crippen LogP contribution in [0.15, 0.2) is 41.8 Å². The van der Waals surface area contributed by atoms with Crippen LogP contribution in [0.2, 0.25) is 5.02 Å². The largest absolute Gasteiger partial charge is 0.348 e. The van der Waals surface area contributed by atoms with Crippen LogP contribution in [0.4, 0.5) is 0 Å². The summed E-state index contributed by atoms with van der Waals surface area (Å²) < 4.78 is 3.26. The smallest absolute Gasteiger partial charge is 0.268 e. The van der Waals surface area contributed by atoms with Crippen molar-refractivity contribution in [2.45, 2.75) is 38.3 Å². The number of fused-ring (bicyclic) bond motifs is 1. The lowest BCUT2D eigenvalue weighted by molar-refractivity contribution is 0.0929. The fourth-order valence-electron chi connectivity index (χ4n) is 3.44. The van der Waals surface area contributed by atoms with E-state index < -0.39 is 0 Å². The molecule has 24 heavy (non-hydrogen) atoms. The number of benzene rings is 1. The Morgan fingerprint density at radius 2 is 1.96 bits per heavy atom. The van der Waals surface area contributed by atoms with Gasteiger partial charge in [0.1, 0.15) is 5.69 Å². The fourth-order valence-corrected chi connectivity index (χ4v) is 4.39. The first kappa shape index (κ1) is 15.7. The topological polar surface area (TPSA) is 34.0 Å². The zero-order valence-corrected chi connectivity index (χ0v) is 14.9. The molecule has 1 saturated carbocycles. The predicted octanol–water partition coefficient (Wildman–Crippen LogP) is 5.08. The maximum Gasteiger partial charge on any atom is 0.268 e. The highest BCUT2D eigenvalue weighted by molar-refractivity contribution is 7.17. The summed E-state index contributed by atoms with van der Waals surface area (Å²) in [6.07, 6.45) is 4.62. The van der Waals surface area contributed by atoms with Crippen molar-refractivity contribution >= 4 is 39.1 Å². The van der Waals surface area contributed by atoms with Crippen molar-refractivity contribution in [3.8, 4) is 0 Å². The number of amides is 1. The van der Waals surface area contributed by atoms with Gasteiger partial charge in [-0.05, 0) is 48.1 Å². The lowest BCUT2D eigenvalue weighted by atomic mass is 10.2. The first-order chi connectivity index (χ1) is 11.7. The van der Waals surface area contributed by atoms with E-state index in [1.54, 1.807) is 11.3 Å². The summed E-state index contributed by atoms with van der Waals surface area (Å²) >= 11 is 7.65. The molecule has 5 heteroatoms. The minimum Gasteiger partial charge on any atom is -0.348 e. The van der Waals surface area contributed by atoms with E-state index in [9.17, 15) is 4.79 Å². The van der Waals surface area contributed by atoms with E-state index in [0.29, 0.717) is 12.6 Å². The van der Waals surface area contributed by atoms with Crippen LogP contribution in [0.3, 0.4) is 0 Å². The molecule has 4 rings (SSSR count). The minimum absolute atomic E-state index is 0.0410. The summed E-state index contributed by atoms with van der Waals surface area (Å²) in [6, 6.07) is 12.2. The molecule has 0 unspecified atom stereocenters. The summed E-state index contributed by atoms with van der Waals surface area (Å²) in [5, 5.41) is 6.00. The van der Waals surface area contributed by atoms with Crippen molar-refractivity contribution in [3.05, 3.63) is 58.1 Å². The molecule has 1 aliphatic carbocycles. The normalized spacial score (nSPS) is 15.2. The van der Waals surface area contributed by atoms with Gasteiger partial charge in [-0.1, -0.05) is 36.6 Å². The van der Waals surface area contributed by atoms with Crippen molar-refractivity contribution < 1.29 is 4.79 Å². The Hall–Kier alpha value is -1.78. The molecule has 0 saturated heterocycles. The molecule has 3 aromatic rings. The Labute approximate surface area is 150 Å². The van der Waals surface area contributed by atoms with Gasteiger partial charge in [0.25, 0.3) is 5.91 Å². The molecule has 1 fully saturated rings. The first-order valence-corrected chi connectivity index (χ1v) is 9.58. The molecule has 2 heterocycles. The minimum atomic E-state index is 0.0410. The highest BCUT2D eigenvalue weighted by Crippen LogP contribution is 2.27. The molecule has 0 aliphatic heterocycles. The lowest BCUT2D eigenvalue weighted by Gasteiger charge is -2.14. The molecule has 0 bridgehead atoms. The number of aromatic nitrogens is 1. The van der Waals surface area contributed by atoms with Crippen LogP contribution in [0.5, 0.6) is 0 Å².